The van der Waals surface area contributed by atoms with Crippen molar-refractivity contribution >= 4 is 29.6 Å². The Bertz CT molecular complexity index is 895. The van der Waals surface area contributed by atoms with E-state index in [4.69, 9.17) is 14.0 Å². The number of ether oxygens (including phenoxy) is 1. The van der Waals surface area contributed by atoms with E-state index in [0.717, 1.165) is 29.3 Å². The third-order valence-corrected chi connectivity index (χ3v) is 5.86. The van der Waals surface area contributed by atoms with Crippen LogP contribution in [0.4, 0.5) is 0 Å². The van der Waals surface area contributed by atoms with E-state index in [1.54, 1.807) is 0 Å². The van der Waals surface area contributed by atoms with Crippen LogP contribution in [0, 0.1) is 0 Å². The van der Waals surface area contributed by atoms with Crippen molar-refractivity contribution in [2.24, 2.45) is 0 Å². The summed E-state index contributed by atoms with van der Waals surface area (Å²) in [7, 11) is 0.895. The number of hydrogen-bond acceptors (Lipinski definition) is 4. The number of aromatic nitrogens is 1. The van der Waals surface area contributed by atoms with Gasteiger partial charge in [0.15, 0.2) is 0 Å². The molecule has 2 fully saturated rings. The van der Waals surface area contributed by atoms with Gasteiger partial charge in [0.25, 0.3) is 0 Å². The first-order valence-electron chi connectivity index (χ1n) is 9.68. The number of rotatable bonds is 3. The van der Waals surface area contributed by atoms with E-state index >= 15 is 0 Å². The van der Waals surface area contributed by atoms with Crippen molar-refractivity contribution < 1.29 is 18.8 Å². The Morgan fingerprint density at radius 2 is 2.04 bits per heavy atom. The summed E-state index contributed by atoms with van der Waals surface area (Å²) in [6.45, 7) is 7.94. The first kappa shape index (κ1) is 18.2. The van der Waals surface area contributed by atoms with Gasteiger partial charge in [-0.15, -0.1) is 0 Å². The summed E-state index contributed by atoms with van der Waals surface area (Å²) in [5.41, 5.74) is 3.13. The molecule has 0 atom stereocenters. The SMILES string of the molecule is C=C1OB(c2[nH]c3cc(C(=O)OC)ccc3c2C2CCCCC2)OC1(C)C. The summed E-state index contributed by atoms with van der Waals surface area (Å²) in [6, 6.07) is 5.70. The minimum atomic E-state index is -0.525. The summed E-state index contributed by atoms with van der Waals surface area (Å²) in [5, 5.41) is 1.13. The summed E-state index contributed by atoms with van der Waals surface area (Å²) >= 11 is 0. The van der Waals surface area contributed by atoms with E-state index in [1.165, 1.54) is 31.9 Å². The van der Waals surface area contributed by atoms with Gasteiger partial charge in [-0.2, -0.15) is 0 Å². The highest BCUT2D eigenvalue weighted by Crippen LogP contribution is 2.38. The molecule has 2 aromatic rings. The van der Waals surface area contributed by atoms with E-state index in [9.17, 15) is 4.79 Å². The van der Waals surface area contributed by atoms with Gasteiger partial charge in [-0.05, 0) is 50.3 Å². The third kappa shape index (κ3) is 3.16. The Hall–Kier alpha value is -2.21. The van der Waals surface area contributed by atoms with Crippen molar-refractivity contribution in [3.05, 3.63) is 41.7 Å². The normalized spacial score (nSPS) is 20.1. The summed E-state index contributed by atoms with van der Waals surface area (Å²) in [5.74, 6) is 0.766. The van der Waals surface area contributed by atoms with Crippen LogP contribution in [0.1, 0.15) is 67.8 Å². The van der Waals surface area contributed by atoms with Crippen molar-refractivity contribution in [2.75, 3.05) is 7.11 Å². The summed E-state index contributed by atoms with van der Waals surface area (Å²) < 4.78 is 17.0. The first-order chi connectivity index (χ1) is 12.9. The molecule has 1 saturated heterocycles. The Balaban J connectivity index is 1.83. The fraction of sp³-hybridized carbons (Fsp3) is 0.476. The molecule has 0 unspecified atom stereocenters. The number of methoxy groups -OCH3 is 1. The molecule has 1 saturated carbocycles. The zero-order chi connectivity index (χ0) is 19.2. The van der Waals surface area contributed by atoms with E-state index in [2.05, 4.69) is 11.6 Å². The molecule has 4 rings (SSSR count). The van der Waals surface area contributed by atoms with Crippen LogP contribution in [-0.4, -0.2) is 30.8 Å². The second-order valence-electron chi connectivity index (χ2n) is 8.04. The quantitative estimate of drug-likeness (QED) is 0.657. The first-order valence-corrected chi connectivity index (χ1v) is 9.68. The lowest BCUT2D eigenvalue weighted by molar-refractivity contribution is 0.0601. The predicted octanol–water partition coefficient (Wildman–Crippen LogP) is 4.04. The van der Waals surface area contributed by atoms with E-state index in [-0.39, 0.29) is 5.97 Å². The zero-order valence-electron chi connectivity index (χ0n) is 16.3. The van der Waals surface area contributed by atoms with Gasteiger partial charge in [-0.1, -0.05) is 31.9 Å². The monoisotopic (exact) mass is 367 g/mol. The van der Waals surface area contributed by atoms with E-state index in [1.807, 2.05) is 32.0 Å². The van der Waals surface area contributed by atoms with Gasteiger partial charge >= 0.3 is 13.1 Å². The third-order valence-electron chi connectivity index (χ3n) is 5.86. The molecule has 27 heavy (non-hydrogen) atoms. The largest absolute Gasteiger partial charge is 0.580 e. The molecule has 5 nitrogen and oxygen atoms in total. The Morgan fingerprint density at radius 3 is 2.67 bits per heavy atom. The number of hydrogen-bond donors (Lipinski definition) is 1. The molecule has 0 radical (unpaired) electrons. The van der Waals surface area contributed by atoms with Crippen LogP contribution in [0.2, 0.25) is 0 Å². The Morgan fingerprint density at radius 1 is 1.30 bits per heavy atom. The lowest BCUT2D eigenvalue weighted by atomic mass is 9.74. The maximum atomic E-state index is 11.9. The fourth-order valence-electron chi connectivity index (χ4n) is 4.25. The molecule has 0 amide bonds. The fourth-order valence-corrected chi connectivity index (χ4v) is 4.25. The lowest BCUT2D eigenvalue weighted by Crippen LogP contribution is -2.38. The lowest BCUT2D eigenvalue weighted by Gasteiger charge is -2.23. The number of esters is 1. The van der Waals surface area contributed by atoms with Crippen LogP contribution in [0.3, 0.4) is 0 Å². The number of aromatic amines is 1. The minimum absolute atomic E-state index is 0.338. The van der Waals surface area contributed by atoms with Crippen molar-refractivity contribution in [3.8, 4) is 0 Å². The van der Waals surface area contributed by atoms with Crippen LogP contribution >= 0.6 is 0 Å². The zero-order valence-corrected chi connectivity index (χ0v) is 16.3. The van der Waals surface area contributed by atoms with Crippen LogP contribution in [0.15, 0.2) is 30.5 Å². The molecule has 0 spiro atoms. The van der Waals surface area contributed by atoms with Crippen molar-refractivity contribution in [3.63, 3.8) is 0 Å². The molecule has 1 aliphatic heterocycles. The molecular weight excluding hydrogens is 341 g/mol. The molecule has 6 heteroatoms. The molecule has 1 aliphatic carbocycles. The average Bonchev–Trinajstić information content (AvgIpc) is 3.18. The molecular formula is C21H26BNO4. The number of carbonyl (C=O) groups excluding carboxylic acids is 1. The molecule has 0 bridgehead atoms. The number of benzene rings is 1. The summed E-state index contributed by atoms with van der Waals surface area (Å²) in [6.07, 6.45) is 6.09. The van der Waals surface area contributed by atoms with Crippen LogP contribution < -0.4 is 5.59 Å². The van der Waals surface area contributed by atoms with Crippen molar-refractivity contribution in [2.45, 2.75) is 57.5 Å². The van der Waals surface area contributed by atoms with Gasteiger partial charge in [-0.3, -0.25) is 0 Å². The van der Waals surface area contributed by atoms with Gasteiger partial charge < -0.3 is 19.0 Å². The van der Waals surface area contributed by atoms with Gasteiger partial charge in [0.05, 0.1) is 24.0 Å². The van der Waals surface area contributed by atoms with E-state index < -0.39 is 12.7 Å². The molecule has 2 heterocycles. The van der Waals surface area contributed by atoms with Gasteiger partial charge in [0, 0.05) is 10.9 Å². The standard InChI is InChI=1S/C21H26BNO4/c1-13-21(2,3)27-22(26-13)19-18(14-8-6-5-7-9-14)16-11-10-15(20(24)25-4)12-17(16)23-19/h10-12,14,23H,1,5-9H2,2-4H3. The number of H-pyrrole nitrogens is 1. The highest BCUT2D eigenvalue weighted by molar-refractivity contribution is 6.62. The number of fused-ring (bicyclic) bond motifs is 1. The maximum absolute atomic E-state index is 11.9. The van der Waals surface area contributed by atoms with Crippen LogP contribution in [-0.2, 0) is 14.0 Å². The maximum Gasteiger partial charge on any atom is 0.580 e. The smallest absolute Gasteiger partial charge is 0.533 e. The molecule has 1 N–H and O–H groups in total. The van der Waals surface area contributed by atoms with Gasteiger partial charge in [-0.25, -0.2) is 4.79 Å². The van der Waals surface area contributed by atoms with E-state index in [0.29, 0.717) is 17.2 Å². The number of nitrogens with one attached hydrogen (secondary N) is 1. The summed E-state index contributed by atoms with van der Waals surface area (Å²) in [4.78, 5) is 15.4. The average molecular weight is 367 g/mol. The van der Waals surface area contributed by atoms with Crippen molar-refractivity contribution in [1.82, 2.24) is 4.98 Å². The molecule has 142 valence electrons. The van der Waals surface area contributed by atoms with Crippen LogP contribution in [0.25, 0.3) is 10.9 Å². The van der Waals surface area contributed by atoms with Gasteiger partial charge in [0.1, 0.15) is 5.60 Å². The minimum Gasteiger partial charge on any atom is -0.533 e. The molecule has 2 aliphatic rings. The second-order valence-corrected chi connectivity index (χ2v) is 8.04. The van der Waals surface area contributed by atoms with Gasteiger partial charge in [0.2, 0.25) is 0 Å². The second kappa shape index (κ2) is 6.75. The number of carbonyl (C=O) groups is 1. The molecule has 1 aromatic heterocycles. The van der Waals surface area contributed by atoms with Crippen LogP contribution in [0.5, 0.6) is 0 Å². The Labute approximate surface area is 160 Å². The van der Waals surface area contributed by atoms with Crippen molar-refractivity contribution in [1.29, 1.82) is 0 Å². The predicted molar refractivity (Wildman–Crippen MR) is 106 cm³/mol. The molecule has 1 aromatic carbocycles. The highest BCUT2D eigenvalue weighted by atomic mass is 16.7. The topological polar surface area (TPSA) is 60.6 Å². The Kier molecular flexibility index (Phi) is 4.54. The highest BCUT2D eigenvalue weighted by Gasteiger charge is 2.45.